The topological polar surface area (TPSA) is 58.5 Å². The second kappa shape index (κ2) is 10.1. The van der Waals surface area contributed by atoms with Gasteiger partial charge in [0.15, 0.2) is 5.96 Å². The van der Waals surface area contributed by atoms with E-state index in [0.29, 0.717) is 19.0 Å². The van der Waals surface area contributed by atoms with Crippen molar-refractivity contribution in [2.24, 2.45) is 4.99 Å². The summed E-state index contributed by atoms with van der Waals surface area (Å²) in [6.07, 6.45) is 1.76. The van der Waals surface area contributed by atoms with E-state index >= 15 is 0 Å². The number of aromatic nitrogens is 1. The van der Waals surface area contributed by atoms with Gasteiger partial charge in [-0.25, -0.2) is 4.98 Å². The number of hydrogen-bond acceptors (Lipinski definition) is 3. The molecule has 0 amide bonds. The number of nitrogens with zero attached hydrogens (tertiary/aromatic N) is 2. The lowest BCUT2D eigenvalue weighted by atomic mass is 10.1. The van der Waals surface area contributed by atoms with Crippen LogP contribution in [-0.2, 0) is 19.7 Å². The molecule has 0 saturated carbocycles. The quantitative estimate of drug-likeness (QED) is 0.487. The molecule has 28 heavy (non-hydrogen) atoms. The highest BCUT2D eigenvalue weighted by molar-refractivity contribution is 5.79. The van der Waals surface area contributed by atoms with Crippen LogP contribution >= 0.6 is 0 Å². The summed E-state index contributed by atoms with van der Waals surface area (Å²) in [6, 6.07) is 22.4. The molecule has 0 aliphatic rings. The van der Waals surface area contributed by atoms with Gasteiger partial charge in [0.25, 0.3) is 0 Å². The van der Waals surface area contributed by atoms with Crippen LogP contribution in [0.25, 0.3) is 0 Å². The molecule has 0 spiro atoms. The van der Waals surface area contributed by atoms with E-state index in [2.05, 4.69) is 51.8 Å². The fourth-order valence-electron chi connectivity index (χ4n) is 2.79. The molecule has 1 heterocycles. The number of hydrogen-bond donors (Lipinski definition) is 2. The zero-order valence-corrected chi connectivity index (χ0v) is 16.4. The van der Waals surface area contributed by atoms with Gasteiger partial charge < -0.3 is 15.4 Å². The number of aliphatic imine (C=N–C) groups is 1. The molecule has 1 aromatic heterocycles. The molecule has 0 saturated heterocycles. The summed E-state index contributed by atoms with van der Waals surface area (Å²) in [7, 11) is 1.77. The standard InChI is InChI=1S/C23H26N4O/c1-18-7-6-10-20(13-18)15-26-23(24-2)27-16-21-11-12-25-22(14-21)28-17-19-8-4-3-5-9-19/h3-14H,15-17H2,1-2H3,(H2,24,26,27). The molecule has 5 heteroatoms. The molecule has 144 valence electrons. The van der Waals surface area contributed by atoms with Gasteiger partial charge in [-0.3, -0.25) is 4.99 Å². The zero-order valence-electron chi connectivity index (χ0n) is 16.4. The number of pyridine rings is 1. The van der Waals surface area contributed by atoms with Gasteiger partial charge in [-0.15, -0.1) is 0 Å². The van der Waals surface area contributed by atoms with Crippen LogP contribution < -0.4 is 15.4 Å². The second-order valence-electron chi connectivity index (χ2n) is 6.54. The summed E-state index contributed by atoms with van der Waals surface area (Å²) < 4.78 is 5.80. The summed E-state index contributed by atoms with van der Waals surface area (Å²) in [6.45, 7) is 3.96. The fraction of sp³-hybridized carbons (Fsp3) is 0.217. The third-order valence-electron chi connectivity index (χ3n) is 4.25. The van der Waals surface area contributed by atoms with E-state index in [9.17, 15) is 0 Å². The number of ether oxygens (including phenoxy) is 1. The van der Waals surface area contributed by atoms with E-state index in [4.69, 9.17) is 4.74 Å². The second-order valence-corrected chi connectivity index (χ2v) is 6.54. The fourth-order valence-corrected chi connectivity index (χ4v) is 2.79. The Kier molecular flexibility index (Phi) is 7.01. The minimum Gasteiger partial charge on any atom is -0.473 e. The van der Waals surface area contributed by atoms with Gasteiger partial charge in [-0.05, 0) is 29.7 Å². The number of nitrogens with one attached hydrogen (secondary N) is 2. The van der Waals surface area contributed by atoms with Crippen LogP contribution in [0.1, 0.15) is 22.3 Å². The summed E-state index contributed by atoms with van der Waals surface area (Å²) in [5.41, 5.74) is 4.68. The van der Waals surface area contributed by atoms with Gasteiger partial charge in [-0.1, -0.05) is 60.2 Å². The molecule has 3 aromatic rings. The van der Waals surface area contributed by atoms with Crippen molar-refractivity contribution < 1.29 is 4.74 Å². The smallest absolute Gasteiger partial charge is 0.213 e. The van der Waals surface area contributed by atoms with E-state index < -0.39 is 0 Å². The third-order valence-corrected chi connectivity index (χ3v) is 4.25. The maximum atomic E-state index is 5.80. The monoisotopic (exact) mass is 374 g/mol. The molecule has 0 unspecified atom stereocenters. The lowest BCUT2D eigenvalue weighted by Gasteiger charge is -2.13. The maximum absolute atomic E-state index is 5.80. The van der Waals surface area contributed by atoms with Gasteiger partial charge in [0, 0.05) is 32.4 Å². The van der Waals surface area contributed by atoms with Crippen molar-refractivity contribution in [1.82, 2.24) is 15.6 Å². The molecule has 0 bridgehead atoms. The largest absolute Gasteiger partial charge is 0.473 e. The summed E-state index contributed by atoms with van der Waals surface area (Å²) in [5, 5.41) is 6.66. The number of guanidine groups is 1. The Bertz CT molecular complexity index is 909. The van der Waals surface area contributed by atoms with Gasteiger partial charge >= 0.3 is 0 Å². The first-order chi connectivity index (χ1) is 13.7. The van der Waals surface area contributed by atoms with Crippen molar-refractivity contribution in [3.8, 4) is 5.88 Å². The Balaban J connectivity index is 1.50. The van der Waals surface area contributed by atoms with E-state index in [1.54, 1.807) is 13.2 Å². The van der Waals surface area contributed by atoms with Gasteiger partial charge in [0.1, 0.15) is 6.61 Å². The Labute approximate surface area is 166 Å². The summed E-state index contributed by atoms with van der Waals surface area (Å²) in [5.74, 6) is 1.37. The molecule has 0 atom stereocenters. The minimum absolute atomic E-state index is 0.504. The lowest BCUT2D eigenvalue weighted by molar-refractivity contribution is 0.293. The van der Waals surface area contributed by atoms with Crippen LogP contribution in [0.2, 0.25) is 0 Å². The van der Waals surface area contributed by atoms with Crippen LogP contribution in [-0.4, -0.2) is 18.0 Å². The first-order valence-corrected chi connectivity index (χ1v) is 9.34. The Hall–Kier alpha value is -3.34. The van der Waals surface area contributed by atoms with Crippen LogP contribution in [0, 0.1) is 6.92 Å². The van der Waals surface area contributed by atoms with Crippen molar-refractivity contribution in [3.05, 3.63) is 95.2 Å². The van der Waals surface area contributed by atoms with Crippen molar-refractivity contribution in [1.29, 1.82) is 0 Å². The van der Waals surface area contributed by atoms with Crippen LogP contribution in [0.4, 0.5) is 0 Å². The third kappa shape index (κ3) is 6.13. The number of rotatable bonds is 7. The first kappa shape index (κ1) is 19.4. The average Bonchev–Trinajstić information content (AvgIpc) is 2.73. The highest BCUT2D eigenvalue weighted by Crippen LogP contribution is 2.12. The van der Waals surface area contributed by atoms with Crippen LogP contribution in [0.3, 0.4) is 0 Å². The Morgan fingerprint density at radius 2 is 1.61 bits per heavy atom. The molecule has 0 radical (unpaired) electrons. The first-order valence-electron chi connectivity index (χ1n) is 9.34. The van der Waals surface area contributed by atoms with E-state index in [-0.39, 0.29) is 0 Å². The zero-order chi connectivity index (χ0) is 19.6. The molecule has 2 aromatic carbocycles. The molecule has 0 aliphatic carbocycles. The van der Waals surface area contributed by atoms with Crippen molar-refractivity contribution in [2.75, 3.05) is 7.05 Å². The van der Waals surface area contributed by atoms with Crippen molar-refractivity contribution in [3.63, 3.8) is 0 Å². The normalized spacial score (nSPS) is 11.1. The van der Waals surface area contributed by atoms with E-state index in [1.807, 2.05) is 42.5 Å². The van der Waals surface area contributed by atoms with Crippen molar-refractivity contribution in [2.45, 2.75) is 26.6 Å². The molecular formula is C23H26N4O. The van der Waals surface area contributed by atoms with Gasteiger partial charge in [0.2, 0.25) is 5.88 Å². The predicted molar refractivity (Wildman–Crippen MR) is 113 cm³/mol. The molecule has 0 fully saturated rings. The van der Waals surface area contributed by atoms with Crippen molar-refractivity contribution >= 4 is 5.96 Å². The van der Waals surface area contributed by atoms with E-state index in [0.717, 1.165) is 23.6 Å². The molecule has 3 rings (SSSR count). The minimum atomic E-state index is 0.504. The molecular weight excluding hydrogens is 348 g/mol. The number of benzene rings is 2. The predicted octanol–water partition coefficient (Wildman–Crippen LogP) is 3.83. The Morgan fingerprint density at radius 3 is 2.32 bits per heavy atom. The Morgan fingerprint density at radius 1 is 0.893 bits per heavy atom. The lowest BCUT2D eigenvalue weighted by Crippen LogP contribution is -2.36. The highest BCUT2D eigenvalue weighted by atomic mass is 16.5. The summed E-state index contributed by atoms with van der Waals surface area (Å²) in [4.78, 5) is 8.58. The molecule has 2 N–H and O–H groups in total. The van der Waals surface area contributed by atoms with E-state index in [1.165, 1.54) is 11.1 Å². The average molecular weight is 374 g/mol. The SMILES string of the molecule is CN=C(NCc1cccc(C)c1)NCc1ccnc(OCc2ccccc2)c1. The molecule has 5 nitrogen and oxygen atoms in total. The summed E-state index contributed by atoms with van der Waals surface area (Å²) >= 11 is 0. The van der Waals surface area contributed by atoms with Gasteiger partial charge in [0.05, 0.1) is 0 Å². The van der Waals surface area contributed by atoms with Crippen LogP contribution in [0.15, 0.2) is 77.9 Å². The van der Waals surface area contributed by atoms with Crippen LogP contribution in [0.5, 0.6) is 5.88 Å². The molecule has 0 aliphatic heterocycles. The highest BCUT2D eigenvalue weighted by Gasteiger charge is 2.02. The maximum Gasteiger partial charge on any atom is 0.213 e. The van der Waals surface area contributed by atoms with Gasteiger partial charge in [-0.2, -0.15) is 0 Å². The number of aryl methyl sites for hydroxylation is 1.